The number of amides is 1. The van der Waals surface area contributed by atoms with E-state index in [2.05, 4.69) is 9.72 Å². The Balaban J connectivity index is 1.81. The number of halogens is 6. The van der Waals surface area contributed by atoms with Crippen molar-refractivity contribution in [2.24, 2.45) is 5.14 Å². The van der Waals surface area contributed by atoms with Crippen molar-refractivity contribution >= 4 is 73.4 Å². The van der Waals surface area contributed by atoms with Crippen molar-refractivity contribution in [3.05, 3.63) is 64.3 Å². The van der Waals surface area contributed by atoms with E-state index < -0.39 is 36.6 Å². The Labute approximate surface area is 214 Å². The highest BCUT2D eigenvalue weighted by molar-refractivity contribution is 14.1. The summed E-state index contributed by atoms with van der Waals surface area (Å²) < 4.78 is 65.3. The van der Waals surface area contributed by atoms with Gasteiger partial charge in [-0.15, -0.1) is 13.2 Å². The van der Waals surface area contributed by atoms with Crippen molar-refractivity contribution in [2.75, 3.05) is 4.90 Å². The molecule has 0 fully saturated rings. The maximum absolute atomic E-state index is 13.7. The highest BCUT2D eigenvalue weighted by Crippen LogP contribution is 2.47. The van der Waals surface area contributed by atoms with Crippen molar-refractivity contribution < 1.29 is 31.1 Å². The van der Waals surface area contributed by atoms with Gasteiger partial charge in [-0.2, -0.15) is 0 Å². The van der Waals surface area contributed by atoms with E-state index in [0.29, 0.717) is 5.56 Å². The largest absolute Gasteiger partial charge is 0.573 e. The highest BCUT2D eigenvalue weighted by atomic mass is 127. The van der Waals surface area contributed by atoms with Gasteiger partial charge >= 0.3 is 6.36 Å². The van der Waals surface area contributed by atoms with Crippen molar-refractivity contribution in [1.29, 1.82) is 0 Å². The van der Waals surface area contributed by atoms with Crippen LogP contribution in [0.25, 0.3) is 0 Å². The normalized spacial score (nSPS) is 18.3. The van der Waals surface area contributed by atoms with Gasteiger partial charge in [0.1, 0.15) is 5.75 Å². The van der Waals surface area contributed by atoms with Gasteiger partial charge in [0.25, 0.3) is 15.9 Å². The minimum absolute atomic E-state index is 0.0428. The van der Waals surface area contributed by atoms with Crippen molar-refractivity contribution in [1.82, 2.24) is 9.55 Å². The summed E-state index contributed by atoms with van der Waals surface area (Å²) in [6.45, 7) is 0. The first-order valence-electron chi connectivity index (χ1n) is 9.14. The molecule has 1 aliphatic heterocycles. The van der Waals surface area contributed by atoms with Crippen LogP contribution in [-0.4, -0.2) is 30.2 Å². The fourth-order valence-electron chi connectivity index (χ4n) is 3.51. The van der Waals surface area contributed by atoms with Crippen LogP contribution in [0.4, 0.5) is 24.8 Å². The van der Waals surface area contributed by atoms with Crippen molar-refractivity contribution in [2.45, 2.75) is 21.4 Å². The molecule has 180 valence electrons. The van der Waals surface area contributed by atoms with Gasteiger partial charge in [0.15, 0.2) is 8.57 Å². The number of benzene rings is 2. The third kappa shape index (κ3) is 4.71. The lowest BCUT2D eigenvalue weighted by Crippen LogP contribution is -2.39. The molecule has 0 saturated carbocycles. The molecule has 1 aliphatic rings. The minimum Gasteiger partial charge on any atom is -0.406 e. The SMILES string of the molecule is NS(=O)(=O)c1cnc2n1[C@](I)(Cc1ccc(OC(F)(F)F)cc1)C(=O)N2c1cc(Cl)cc(Cl)c1. The number of fused-ring (bicyclic) bond motifs is 1. The third-order valence-corrected chi connectivity index (χ3v) is 7.42. The van der Waals surface area contributed by atoms with Gasteiger partial charge < -0.3 is 4.74 Å². The van der Waals surface area contributed by atoms with Crippen LogP contribution in [0.1, 0.15) is 5.56 Å². The molecule has 4 rings (SSSR count). The number of aromatic nitrogens is 2. The van der Waals surface area contributed by atoms with Crippen LogP contribution in [0.5, 0.6) is 5.75 Å². The van der Waals surface area contributed by atoms with Crippen LogP contribution in [-0.2, 0) is 24.8 Å². The Hall–Kier alpha value is -2.07. The minimum atomic E-state index is -4.86. The number of nitrogens with two attached hydrogens (primary N) is 1. The third-order valence-electron chi connectivity index (χ3n) is 4.79. The smallest absolute Gasteiger partial charge is 0.406 e. The van der Waals surface area contributed by atoms with E-state index in [9.17, 15) is 26.4 Å². The number of alkyl halides is 4. The monoisotopic (exact) mass is 646 g/mol. The first-order chi connectivity index (χ1) is 15.7. The van der Waals surface area contributed by atoms with E-state index in [4.69, 9.17) is 28.3 Å². The molecule has 0 saturated heterocycles. The van der Waals surface area contributed by atoms with E-state index >= 15 is 0 Å². The van der Waals surface area contributed by atoms with E-state index in [1.54, 1.807) is 22.6 Å². The van der Waals surface area contributed by atoms with Gasteiger partial charge in [0.05, 0.1) is 11.9 Å². The molecule has 3 aromatic rings. The molecule has 0 aliphatic carbocycles. The quantitative estimate of drug-likeness (QED) is 0.318. The Bertz CT molecular complexity index is 1380. The van der Waals surface area contributed by atoms with Gasteiger partial charge in [-0.25, -0.2) is 23.4 Å². The number of hydrogen-bond acceptors (Lipinski definition) is 5. The summed E-state index contributed by atoms with van der Waals surface area (Å²) in [5, 5.41) is 5.40. The molecule has 1 amide bonds. The maximum Gasteiger partial charge on any atom is 0.573 e. The molecular formula is C19H12Cl2F3IN4O4S. The van der Waals surface area contributed by atoms with Crippen molar-refractivity contribution in [3.63, 3.8) is 0 Å². The van der Waals surface area contributed by atoms with E-state index in [1.807, 2.05) is 0 Å². The van der Waals surface area contributed by atoms with E-state index in [1.165, 1.54) is 34.9 Å². The zero-order valence-electron chi connectivity index (χ0n) is 16.6. The Morgan fingerprint density at radius 1 is 1.12 bits per heavy atom. The number of nitrogens with zero attached hydrogens (tertiary/aromatic N) is 3. The molecule has 0 radical (unpaired) electrons. The van der Waals surface area contributed by atoms with Gasteiger partial charge in [-0.1, -0.05) is 35.3 Å². The Morgan fingerprint density at radius 3 is 2.24 bits per heavy atom. The average Bonchev–Trinajstić information content (AvgIpc) is 3.21. The molecule has 2 aromatic carbocycles. The molecule has 0 spiro atoms. The summed E-state index contributed by atoms with van der Waals surface area (Å²) in [5.41, 5.74) is 0.658. The van der Waals surface area contributed by atoms with Crippen LogP contribution in [0, 0.1) is 0 Å². The topological polar surface area (TPSA) is 108 Å². The number of carbonyl (C=O) groups excluding carboxylic acids is 1. The number of anilines is 2. The first kappa shape index (κ1) is 25.0. The lowest BCUT2D eigenvalue weighted by Gasteiger charge is -2.24. The molecule has 0 bridgehead atoms. The molecule has 34 heavy (non-hydrogen) atoms. The molecule has 15 heteroatoms. The standard InChI is InChI=1S/C19H12Cl2F3IN4O4S/c20-11-5-12(21)7-13(6-11)28-16(30)18(25,29-15(34(26,31)32)9-27-17(28)29)8-10-1-3-14(4-2-10)33-19(22,23)24/h1-7,9H,8H2,(H2,26,31,32)/t18-/m1/s1. The second-order valence-corrected chi connectivity index (χ2v) is 11.3. The zero-order valence-corrected chi connectivity index (χ0v) is 21.0. The van der Waals surface area contributed by atoms with Crippen LogP contribution in [0.3, 0.4) is 0 Å². The molecule has 8 nitrogen and oxygen atoms in total. The van der Waals surface area contributed by atoms with Crippen LogP contribution in [0.2, 0.25) is 10.0 Å². The number of ether oxygens (including phenoxy) is 1. The summed E-state index contributed by atoms with van der Waals surface area (Å²) in [6, 6.07) is 9.21. The summed E-state index contributed by atoms with van der Waals surface area (Å²) in [5.74, 6) is -1.07. The van der Waals surface area contributed by atoms with E-state index in [0.717, 1.165) is 23.2 Å². The van der Waals surface area contributed by atoms with Crippen LogP contribution in [0.15, 0.2) is 53.7 Å². The van der Waals surface area contributed by atoms with Crippen LogP contribution >= 0.6 is 45.8 Å². The number of primary sulfonamides is 1. The molecule has 1 aromatic heterocycles. The number of carbonyl (C=O) groups is 1. The second-order valence-electron chi connectivity index (χ2n) is 7.17. The first-order valence-corrected chi connectivity index (χ1v) is 12.5. The highest BCUT2D eigenvalue weighted by Gasteiger charge is 2.53. The number of rotatable bonds is 5. The van der Waals surface area contributed by atoms with Gasteiger partial charge in [-0.3, -0.25) is 9.36 Å². The predicted molar refractivity (Wildman–Crippen MR) is 126 cm³/mol. The van der Waals surface area contributed by atoms with Crippen LogP contribution < -0.4 is 14.8 Å². The Kier molecular flexibility index (Phi) is 6.29. The summed E-state index contributed by atoms with van der Waals surface area (Å²) in [7, 11) is -4.30. The number of imidazole rings is 1. The molecule has 2 heterocycles. The summed E-state index contributed by atoms with van der Waals surface area (Å²) in [4.78, 5) is 18.9. The molecule has 2 N–H and O–H groups in total. The second kappa shape index (κ2) is 8.55. The summed E-state index contributed by atoms with van der Waals surface area (Å²) >= 11 is 13.9. The number of sulfonamides is 1. The van der Waals surface area contributed by atoms with E-state index in [-0.39, 0.29) is 28.1 Å². The van der Waals surface area contributed by atoms with Gasteiger partial charge in [-0.05, 0) is 58.5 Å². The van der Waals surface area contributed by atoms with Gasteiger partial charge in [0, 0.05) is 16.5 Å². The van der Waals surface area contributed by atoms with Crippen molar-refractivity contribution in [3.8, 4) is 5.75 Å². The summed E-state index contributed by atoms with van der Waals surface area (Å²) in [6.07, 6.45) is -3.96. The lowest BCUT2D eigenvalue weighted by molar-refractivity contribution is -0.274. The molecule has 1 atom stereocenters. The lowest BCUT2D eigenvalue weighted by atomic mass is 10.1. The maximum atomic E-state index is 13.7. The fraction of sp³-hybridized carbons (Fsp3) is 0.158. The molecular weight excluding hydrogens is 635 g/mol. The Morgan fingerprint density at radius 2 is 1.71 bits per heavy atom. The predicted octanol–water partition coefficient (Wildman–Crippen LogP) is 4.74. The number of hydrogen-bond donors (Lipinski definition) is 1. The fourth-order valence-corrected chi connectivity index (χ4v) is 6.04. The average molecular weight is 647 g/mol. The van der Waals surface area contributed by atoms with Gasteiger partial charge in [0.2, 0.25) is 5.95 Å². The zero-order chi connectivity index (χ0) is 25.1. The molecule has 0 unspecified atom stereocenters.